The molecule has 0 aliphatic carbocycles. The Labute approximate surface area is 188 Å². The topological polar surface area (TPSA) is 69.5 Å². The van der Waals surface area contributed by atoms with E-state index in [0.717, 1.165) is 54.7 Å². The Morgan fingerprint density at radius 2 is 1.47 bits per heavy atom. The van der Waals surface area contributed by atoms with Crippen LogP contribution in [0, 0.1) is 0 Å². The molecule has 7 heteroatoms. The number of nitrogens with zero attached hydrogens (tertiary/aromatic N) is 4. The summed E-state index contributed by atoms with van der Waals surface area (Å²) in [6.07, 6.45) is 0. The monoisotopic (exact) mass is 429 g/mol. The zero-order valence-corrected chi connectivity index (χ0v) is 18.1. The summed E-state index contributed by atoms with van der Waals surface area (Å²) in [6, 6.07) is 25.0. The number of ether oxygens (including phenoxy) is 1. The first-order chi connectivity index (χ1) is 15.7. The minimum absolute atomic E-state index is 0.0191. The number of para-hydroxylation sites is 2. The minimum Gasteiger partial charge on any atom is -0.495 e. The van der Waals surface area contributed by atoms with Gasteiger partial charge in [0.2, 0.25) is 5.91 Å². The maximum absolute atomic E-state index is 12.5. The molecule has 3 aromatic rings. The molecule has 0 unspecified atom stereocenters. The Morgan fingerprint density at radius 1 is 0.844 bits per heavy atom. The van der Waals surface area contributed by atoms with Crippen LogP contribution in [0.1, 0.15) is 0 Å². The molecule has 1 saturated heterocycles. The van der Waals surface area contributed by atoms with Gasteiger partial charge in [-0.3, -0.25) is 9.69 Å². The zero-order valence-electron chi connectivity index (χ0n) is 18.1. The quantitative estimate of drug-likeness (QED) is 0.544. The van der Waals surface area contributed by atoms with Gasteiger partial charge in [0.05, 0.1) is 30.7 Å². The second-order valence-electron chi connectivity index (χ2n) is 7.57. The van der Waals surface area contributed by atoms with Gasteiger partial charge in [0.25, 0.3) is 0 Å². The Balaban J connectivity index is 1.25. The van der Waals surface area contributed by atoms with Gasteiger partial charge < -0.3 is 15.0 Å². The van der Waals surface area contributed by atoms with E-state index < -0.39 is 0 Å². The molecule has 1 aliphatic rings. The molecule has 1 fully saturated rings. The van der Waals surface area contributed by atoms with Crippen LogP contribution >= 0.6 is 0 Å². The van der Waals surface area contributed by atoms with Gasteiger partial charge in [-0.1, -0.05) is 30.3 Å². The molecule has 3 aromatic carbocycles. The highest BCUT2D eigenvalue weighted by atomic mass is 16.5. The van der Waals surface area contributed by atoms with Crippen molar-refractivity contribution in [1.82, 2.24) is 4.90 Å². The standard InChI is InChI=1S/C25H27N5O2/c1-32-24-10-6-5-9-23(24)30-17-15-29(16-18-30)19-25(31)26-20-11-13-22(14-12-20)28-27-21-7-3-2-4-8-21/h2-14H,15-19H2,1H3,(H,26,31). The Bertz CT molecular complexity index is 1050. The van der Waals surface area contributed by atoms with E-state index in [0.29, 0.717) is 6.54 Å². The lowest BCUT2D eigenvalue weighted by Gasteiger charge is -2.36. The highest BCUT2D eigenvalue weighted by Gasteiger charge is 2.21. The highest BCUT2D eigenvalue weighted by Crippen LogP contribution is 2.28. The van der Waals surface area contributed by atoms with Crippen molar-refractivity contribution in [2.75, 3.05) is 50.1 Å². The first-order valence-corrected chi connectivity index (χ1v) is 10.7. The summed E-state index contributed by atoms with van der Waals surface area (Å²) in [5.74, 6) is 0.861. The van der Waals surface area contributed by atoms with E-state index in [1.165, 1.54) is 0 Å². The smallest absolute Gasteiger partial charge is 0.238 e. The van der Waals surface area contributed by atoms with E-state index in [4.69, 9.17) is 4.74 Å². The van der Waals surface area contributed by atoms with Gasteiger partial charge in [-0.05, 0) is 48.5 Å². The molecular formula is C25H27N5O2. The largest absolute Gasteiger partial charge is 0.495 e. The van der Waals surface area contributed by atoms with Crippen molar-refractivity contribution in [2.45, 2.75) is 0 Å². The molecule has 0 bridgehead atoms. The Kier molecular flexibility index (Phi) is 7.09. The number of hydrogen-bond donors (Lipinski definition) is 1. The number of carbonyl (C=O) groups excluding carboxylic acids is 1. The molecule has 1 heterocycles. The number of benzene rings is 3. The number of anilines is 2. The van der Waals surface area contributed by atoms with E-state index in [1.807, 2.05) is 72.8 Å². The van der Waals surface area contributed by atoms with Gasteiger partial charge in [-0.2, -0.15) is 10.2 Å². The summed E-state index contributed by atoms with van der Waals surface area (Å²) < 4.78 is 5.47. The lowest BCUT2D eigenvalue weighted by Crippen LogP contribution is -2.48. The number of carbonyl (C=O) groups is 1. The third-order valence-electron chi connectivity index (χ3n) is 5.35. The number of hydrogen-bond acceptors (Lipinski definition) is 6. The molecule has 1 amide bonds. The van der Waals surface area contributed by atoms with Gasteiger partial charge in [-0.25, -0.2) is 0 Å². The van der Waals surface area contributed by atoms with Crippen molar-refractivity contribution in [1.29, 1.82) is 0 Å². The molecule has 4 rings (SSSR count). The van der Waals surface area contributed by atoms with Crippen LogP contribution in [0.25, 0.3) is 0 Å². The summed E-state index contributed by atoms with van der Waals surface area (Å²) in [6.45, 7) is 3.73. The molecule has 32 heavy (non-hydrogen) atoms. The van der Waals surface area contributed by atoms with Crippen LogP contribution in [-0.4, -0.2) is 50.6 Å². The summed E-state index contributed by atoms with van der Waals surface area (Å²) >= 11 is 0. The summed E-state index contributed by atoms with van der Waals surface area (Å²) in [5, 5.41) is 11.4. The molecule has 1 aliphatic heterocycles. The first kappa shape index (κ1) is 21.5. The molecule has 0 atom stereocenters. The van der Waals surface area contributed by atoms with E-state index in [9.17, 15) is 4.79 Å². The normalized spacial score (nSPS) is 14.5. The summed E-state index contributed by atoms with van der Waals surface area (Å²) in [5.41, 5.74) is 3.39. The van der Waals surface area contributed by atoms with Crippen molar-refractivity contribution >= 4 is 28.7 Å². The lowest BCUT2D eigenvalue weighted by molar-refractivity contribution is -0.117. The Morgan fingerprint density at radius 3 is 2.16 bits per heavy atom. The molecule has 0 aromatic heterocycles. The Hall–Kier alpha value is -3.71. The lowest BCUT2D eigenvalue weighted by atomic mass is 10.2. The molecule has 164 valence electrons. The average molecular weight is 430 g/mol. The fourth-order valence-electron chi connectivity index (χ4n) is 3.66. The van der Waals surface area contributed by atoms with Crippen LogP contribution < -0.4 is 15.0 Å². The van der Waals surface area contributed by atoms with E-state index in [1.54, 1.807) is 7.11 Å². The number of amides is 1. The van der Waals surface area contributed by atoms with Crippen molar-refractivity contribution in [3.63, 3.8) is 0 Å². The van der Waals surface area contributed by atoms with Crippen LogP contribution in [0.15, 0.2) is 89.1 Å². The van der Waals surface area contributed by atoms with Gasteiger partial charge in [0.1, 0.15) is 5.75 Å². The summed E-state index contributed by atoms with van der Waals surface area (Å²) in [7, 11) is 1.69. The van der Waals surface area contributed by atoms with Crippen molar-refractivity contribution in [3.05, 3.63) is 78.9 Å². The van der Waals surface area contributed by atoms with Gasteiger partial charge in [0.15, 0.2) is 0 Å². The maximum atomic E-state index is 12.5. The molecule has 0 radical (unpaired) electrons. The van der Waals surface area contributed by atoms with Crippen molar-refractivity contribution < 1.29 is 9.53 Å². The van der Waals surface area contributed by atoms with Crippen molar-refractivity contribution in [2.24, 2.45) is 10.2 Å². The third kappa shape index (κ3) is 5.70. The van der Waals surface area contributed by atoms with E-state index in [-0.39, 0.29) is 5.91 Å². The summed E-state index contributed by atoms with van der Waals surface area (Å²) in [4.78, 5) is 17.0. The van der Waals surface area contributed by atoms with E-state index in [2.05, 4.69) is 31.4 Å². The number of azo groups is 1. The minimum atomic E-state index is -0.0191. The molecular weight excluding hydrogens is 402 g/mol. The second kappa shape index (κ2) is 10.5. The predicted molar refractivity (Wildman–Crippen MR) is 127 cm³/mol. The zero-order chi connectivity index (χ0) is 22.2. The predicted octanol–water partition coefficient (Wildman–Crippen LogP) is 4.87. The third-order valence-corrected chi connectivity index (χ3v) is 5.35. The van der Waals surface area contributed by atoms with E-state index >= 15 is 0 Å². The first-order valence-electron chi connectivity index (χ1n) is 10.7. The molecule has 0 spiro atoms. The van der Waals surface area contributed by atoms with Gasteiger partial charge in [-0.15, -0.1) is 0 Å². The van der Waals surface area contributed by atoms with Gasteiger partial charge in [0, 0.05) is 31.9 Å². The number of piperazine rings is 1. The molecule has 0 saturated carbocycles. The second-order valence-corrected chi connectivity index (χ2v) is 7.57. The highest BCUT2D eigenvalue weighted by molar-refractivity contribution is 5.92. The SMILES string of the molecule is COc1ccccc1N1CCN(CC(=O)Nc2ccc(N=Nc3ccccc3)cc2)CC1. The molecule has 7 nitrogen and oxygen atoms in total. The van der Waals surface area contributed by atoms with Crippen LogP contribution in [0.4, 0.5) is 22.7 Å². The van der Waals surface area contributed by atoms with Gasteiger partial charge >= 0.3 is 0 Å². The fourth-order valence-corrected chi connectivity index (χ4v) is 3.66. The van der Waals surface area contributed by atoms with Crippen LogP contribution in [0.2, 0.25) is 0 Å². The van der Waals surface area contributed by atoms with Crippen molar-refractivity contribution in [3.8, 4) is 5.75 Å². The number of rotatable bonds is 7. The van der Waals surface area contributed by atoms with Crippen LogP contribution in [0.3, 0.4) is 0 Å². The molecule has 1 N–H and O–H groups in total. The van der Waals surface area contributed by atoms with Crippen LogP contribution in [0.5, 0.6) is 5.75 Å². The average Bonchev–Trinajstić information content (AvgIpc) is 2.85. The number of methoxy groups -OCH3 is 1. The van der Waals surface area contributed by atoms with Crippen LogP contribution in [-0.2, 0) is 4.79 Å². The fraction of sp³-hybridized carbons (Fsp3) is 0.240. The maximum Gasteiger partial charge on any atom is 0.238 e. The number of nitrogens with one attached hydrogen (secondary N) is 1.